The van der Waals surface area contributed by atoms with E-state index in [0.29, 0.717) is 5.95 Å². The standard InChI is InChI=1S/C10H7N5/c1-3-12-10(13-4-1)15-9-7-11-5-2-8(9)6-14-15/h1-7H. The maximum Gasteiger partial charge on any atom is 0.251 e. The van der Waals surface area contributed by atoms with Crippen molar-refractivity contribution in [2.75, 3.05) is 0 Å². The molecule has 0 aliphatic rings. The van der Waals surface area contributed by atoms with Crippen LogP contribution in [0.3, 0.4) is 0 Å². The molecule has 3 aromatic rings. The Hall–Kier alpha value is -2.30. The predicted octanol–water partition coefficient (Wildman–Crippen LogP) is 1.21. The van der Waals surface area contributed by atoms with E-state index in [2.05, 4.69) is 20.1 Å². The fraction of sp³-hybridized carbons (Fsp3) is 0. The zero-order valence-corrected chi connectivity index (χ0v) is 7.78. The molecule has 0 radical (unpaired) electrons. The first-order chi connectivity index (χ1) is 7.45. The molecule has 3 heterocycles. The van der Waals surface area contributed by atoms with Gasteiger partial charge in [-0.05, 0) is 12.1 Å². The zero-order valence-electron chi connectivity index (χ0n) is 7.78. The summed E-state index contributed by atoms with van der Waals surface area (Å²) >= 11 is 0. The van der Waals surface area contributed by atoms with Gasteiger partial charge in [-0.2, -0.15) is 9.78 Å². The van der Waals surface area contributed by atoms with Crippen LogP contribution in [0.4, 0.5) is 0 Å². The van der Waals surface area contributed by atoms with Crippen molar-refractivity contribution < 1.29 is 0 Å². The number of aromatic nitrogens is 5. The van der Waals surface area contributed by atoms with Crippen molar-refractivity contribution in [1.82, 2.24) is 24.7 Å². The summed E-state index contributed by atoms with van der Waals surface area (Å²) < 4.78 is 1.67. The minimum absolute atomic E-state index is 0.556. The molecule has 0 saturated heterocycles. The van der Waals surface area contributed by atoms with Crippen molar-refractivity contribution in [1.29, 1.82) is 0 Å². The Morgan fingerprint density at radius 2 is 1.87 bits per heavy atom. The Labute approximate surface area is 85.4 Å². The molecule has 5 heteroatoms. The highest BCUT2D eigenvalue weighted by molar-refractivity contribution is 5.78. The number of nitrogens with zero attached hydrogens (tertiary/aromatic N) is 5. The summed E-state index contributed by atoms with van der Waals surface area (Å²) in [5.41, 5.74) is 0.906. The molecular weight excluding hydrogens is 190 g/mol. The Balaban J connectivity index is 2.28. The van der Waals surface area contributed by atoms with Gasteiger partial charge in [0, 0.05) is 24.0 Å². The van der Waals surface area contributed by atoms with Crippen LogP contribution in [0.1, 0.15) is 0 Å². The molecule has 3 rings (SSSR count). The van der Waals surface area contributed by atoms with Gasteiger partial charge >= 0.3 is 0 Å². The summed E-state index contributed by atoms with van der Waals surface area (Å²) in [6.07, 6.45) is 8.63. The van der Waals surface area contributed by atoms with Gasteiger partial charge in [0.25, 0.3) is 5.95 Å². The van der Waals surface area contributed by atoms with Crippen LogP contribution < -0.4 is 0 Å². The summed E-state index contributed by atoms with van der Waals surface area (Å²) in [4.78, 5) is 12.3. The molecule has 0 N–H and O–H groups in total. The summed E-state index contributed by atoms with van der Waals surface area (Å²) in [6, 6.07) is 3.68. The first kappa shape index (κ1) is 8.05. The molecule has 0 aliphatic heterocycles. The largest absolute Gasteiger partial charge is 0.262 e. The molecular formula is C10H7N5. The van der Waals surface area contributed by atoms with Crippen LogP contribution in [0.2, 0.25) is 0 Å². The van der Waals surface area contributed by atoms with Gasteiger partial charge in [-0.1, -0.05) is 0 Å². The van der Waals surface area contributed by atoms with E-state index in [9.17, 15) is 0 Å². The lowest BCUT2D eigenvalue weighted by atomic mass is 10.3. The molecule has 0 spiro atoms. The third-order valence-corrected chi connectivity index (χ3v) is 2.11. The molecule has 0 fully saturated rings. The van der Waals surface area contributed by atoms with Crippen LogP contribution in [-0.2, 0) is 0 Å². The molecule has 0 aromatic carbocycles. The number of hydrogen-bond donors (Lipinski definition) is 0. The van der Waals surface area contributed by atoms with Crippen LogP contribution in [0, 0.1) is 0 Å². The summed E-state index contributed by atoms with van der Waals surface area (Å²) in [6.45, 7) is 0. The van der Waals surface area contributed by atoms with Gasteiger partial charge in [0.2, 0.25) is 0 Å². The van der Waals surface area contributed by atoms with E-state index in [1.165, 1.54) is 0 Å². The Morgan fingerprint density at radius 3 is 2.73 bits per heavy atom. The fourth-order valence-corrected chi connectivity index (χ4v) is 1.43. The van der Waals surface area contributed by atoms with Crippen LogP contribution in [0.25, 0.3) is 16.9 Å². The van der Waals surface area contributed by atoms with Crippen molar-refractivity contribution in [3.8, 4) is 5.95 Å². The number of pyridine rings is 1. The molecule has 0 amide bonds. The van der Waals surface area contributed by atoms with Gasteiger partial charge in [-0.15, -0.1) is 0 Å². The maximum atomic E-state index is 4.22. The first-order valence-electron chi connectivity index (χ1n) is 4.50. The van der Waals surface area contributed by atoms with Gasteiger partial charge in [-0.25, -0.2) is 9.97 Å². The molecule has 0 aliphatic carbocycles. The van der Waals surface area contributed by atoms with Gasteiger partial charge < -0.3 is 0 Å². The lowest BCUT2D eigenvalue weighted by molar-refractivity contribution is 0.831. The SMILES string of the molecule is c1cnc(-n2ncc3ccncc32)nc1. The number of hydrogen-bond acceptors (Lipinski definition) is 4. The van der Waals surface area contributed by atoms with Crippen LogP contribution in [-0.4, -0.2) is 24.7 Å². The lowest BCUT2D eigenvalue weighted by Crippen LogP contribution is -2.01. The van der Waals surface area contributed by atoms with E-state index >= 15 is 0 Å². The molecule has 72 valence electrons. The smallest absolute Gasteiger partial charge is 0.251 e. The van der Waals surface area contributed by atoms with Crippen molar-refractivity contribution in [2.24, 2.45) is 0 Å². The molecule has 0 saturated carbocycles. The van der Waals surface area contributed by atoms with Gasteiger partial charge in [-0.3, -0.25) is 4.98 Å². The van der Waals surface area contributed by atoms with E-state index in [1.54, 1.807) is 41.7 Å². The third-order valence-electron chi connectivity index (χ3n) is 2.11. The Bertz CT molecular complexity index is 587. The minimum atomic E-state index is 0.556. The third kappa shape index (κ3) is 1.25. The molecule has 15 heavy (non-hydrogen) atoms. The van der Waals surface area contributed by atoms with Crippen LogP contribution in [0.15, 0.2) is 43.1 Å². The Morgan fingerprint density at radius 1 is 1.00 bits per heavy atom. The number of rotatable bonds is 1. The topological polar surface area (TPSA) is 56.5 Å². The van der Waals surface area contributed by atoms with Gasteiger partial charge in [0.1, 0.15) is 0 Å². The summed E-state index contributed by atoms with van der Waals surface area (Å²) in [5.74, 6) is 0.556. The van der Waals surface area contributed by atoms with Crippen molar-refractivity contribution in [2.45, 2.75) is 0 Å². The fourth-order valence-electron chi connectivity index (χ4n) is 1.43. The van der Waals surface area contributed by atoms with Gasteiger partial charge in [0.15, 0.2) is 0 Å². The highest BCUT2D eigenvalue weighted by Gasteiger charge is 2.05. The monoisotopic (exact) mass is 197 g/mol. The predicted molar refractivity (Wildman–Crippen MR) is 54.5 cm³/mol. The van der Waals surface area contributed by atoms with E-state index in [-0.39, 0.29) is 0 Å². The van der Waals surface area contributed by atoms with E-state index in [4.69, 9.17) is 0 Å². The quantitative estimate of drug-likeness (QED) is 0.588. The van der Waals surface area contributed by atoms with Crippen molar-refractivity contribution >= 4 is 10.9 Å². The van der Waals surface area contributed by atoms with Crippen LogP contribution >= 0.6 is 0 Å². The van der Waals surface area contributed by atoms with E-state index in [0.717, 1.165) is 10.9 Å². The minimum Gasteiger partial charge on any atom is -0.262 e. The first-order valence-corrected chi connectivity index (χ1v) is 4.50. The van der Waals surface area contributed by atoms with E-state index in [1.807, 2.05) is 6.07 Å². The second-order valence-electron chi connectivity index (χ2n) is 3.04. The molecule has 3 aromatic heterocycles. The lowest BCUT2D eigenvalue weighted by Gasteiger charge is -1.98. The average Bonchev–Trinajstić information content (AvgIpc) is 2.74. The zero-order chi connectivity index (χ0) is 10.1. The molecule has 0 bridgehead atoms. The Kier molecular flexibility index (Phi) is 1.68. The molecule has 0 unspecified atom stereocenters. The number of fused-ring (bicyclic) bond motifs is 1. The average molecular weight is 197 g/mol. The molecule has 5 nitrogen and oxygen atoms in total. The highest BCUT2D eigenvalue weighted by atomic mass is 15.3. The van der Waals surface area contributed by atoms with Crippen molar-refractivity contribution in [3.05, 3.63) is 43.1 Å². The second kappa shape index (κ2) is 3.13. The second-order valence-corrected chi connectivity index (χ2v) is 3.04. The maximum absolute atomic E-state index is 4.22. The van der Waals surface area contributed by atoms with Crippen molar-refractivity contribution in [3.63, 3.8) is 0 Å². The normalized spacial score (nSPS) is 10.7. The molecule has 0 atom stereocenters. The summed E-state index contributed by atoms with van der Waals surface area (Å²) in [7, 11) is 0. The highest BCUT2D eigenvalue weighted by Crippen LogP contribution is 2.13. The summed E-state index contributed by atoms with van der Waals surface area (Å²) in [5, 5.41) is 5.24. The van der Waals surface area contributed by atoms with E-state index < -0.39 is 0 Å². The van der Waals surface area contributed by atoms with Gasteiger partial charge in [0.05, 0.1) is 17.9 Å². The van der Waals surface area contributed by atoms with Crippen LogP contribution in [0.5, 0.6) is 0 Å².